The van der Waals surface area contributed by atoms with Gasteiger partial charge in [0.05, 0.1) is 17.0 Å². The molecule has 0 N–H and O–H groups in total. The first-order valence-electron chi connectivity index (χ1n) is 29.7. The predicted octanol–water partition coefficient (Wildman–Crippen LogP) is 18.6. The van der Waals surface area contributed by atoms with Gasteiger partial charge in [0.15, 0.2) is 0 Å². The Morgan fingerprint density at radius 1 is 0.487 bits per heavy atom. The first kappa shape index (κ1) is 50.1. The second kappa shape index (κ2) is 16.5. The molecule has 0 atom stereocenters. The summed E-state index contributed by atoms with van der Waals surface area (Å²) in [7, 11) is 0. The maximum Gasteiger partial charge on any atom is 0.297 e. The van der Waals surface area contributed by atoms with E-state index in [1.54, 1.807) is 0 Å². The molecule has 13 rings (SSSR count). The summed E-state index contributed by atoms with van der Waals surface area (Å²) in [6.07, 6.45) is 13.3. The van der Waals surface area contributed by atoms with Gasteiger partial charge in [0.25, 0.3) is 6.71 Å². The summed E-state index contributed by atoms with van der Waals surface area (Å²) in [5.74, 6) is 0.486. The van der Waals surface area contributed by atoms with Crippen LogP contribution in [0.25, 0.3) is 22.1 Å². The van der Waals surface area contributed by atoms with E-state index < -0.39 is 0 Å². The lowest BCUT2D eigenvalue weighted by molar-refractivity contribution is 0.332. The fraction of sp³-hybridized carbons (Fsp3) is 0.472. The fourth-order valence-corrected chi connectivity index (χ4v) is 15.6. The lowest BCUT2D eigenvalue weighted by Crippen LogP contribution is -2.61. The number of hydrogen-bond acceptors (Lipinski definition) is 3. The summed E-state index contributed by atoms with van der Waals surface area (Å²) < 4.78 is 7.87. The van der Waals surface area contributed by atoms with Crippen LogP contribution >= 0.6 is 0 Å². The van der Waals surface area contributed by atoms with Gasteiger partial charge >= 0.3 is 0 Å². The third kappa shape index (κ3) is 7.54. The Hall–Kier alpha value is -5.48. The average molecular weight is 1010 g/mol. The minimum absolute atomic E-state index is 0.0134. The Morgan fingerprint density at radius 2 is 1.03 bits per heavy atom. The van der Waals surface area contributed by atoms with Gasteiger partial charge in [-0.1, -0.05) is 172 Å². The third-order valence-electron chi connectivity index (χ3n) is 21.0. The van der Waals surface area contributed by atoms with Gasteiger partial charge in [-0.2, -0.15) is 0 Å². The fourth-order valence-electron chi connectivity index (χ4n) is 15.6. The van der Waals surface area contributed by atoms with Crippen LogP contribution in [-0.4, -0.2) is 6.71 Å². The van der Waals surface area contributed by atoms with Gasteiger partial charge in [0, 0.05) is 33.7 Å². The highest BCUT2D eigenvalue weighted by molar-refractivity contribution is 7.00. The van der Waals surface area contributed by atoms with Crippen LogP contribution in [0.3, 0.4) is 0 Å². The van der Waals surface area contributed by atoms with Crippen molar-refractivity contribution >= 4 is 68.4 Å². The number of hydrogen-bond donors (Lipinski definition) is 0. The number of anilines is 6. The van der Waals surface area contributed by atoms with Crippen LogP contribution in [0.5, 0.6) is 0 Å². The van der Waals surface area contributed by atoms with Crippen LogP contribution in [0.2, 0.25) is 0 Å². The summed E-state index contributed by atoms with van der Waals surface area (Å²) in [6, 6.07) is 42.2. The van der Waals surface area contributed by atoms with Crippen molar-refractivity contribution in [3.63, 3.8) is 0 Å². The molecule has 2 aliphatic heterocycles. The van der Waals surface area contributed by atoms with Crippen LogP contribution < -0.4 is 26.4 Å². The molecule has 0 spiro atoms. The normalized spacial score (nSPS) is 21.3. The van der Waals surface area contributed by atoms with Gasteiger partial charge in [-0.3, -0.25) is 0 Å². The van der Waals surface area contributed by atoms with E-state index in [1.165, 1.54) is 157 Å². The Balaban J connectivity index is 1.20. The molecule has 6 aromatic carbocycles. The molecule has 76 heavy (non-hydrogen) atoms. The number of fused-ring (bicyclic) bond motifs is 9. The Labute approximate surface area is 457 Å². The molecule has 3 heterocycles. The number of rotatable bonds is 4. The molecule has 6 aliphatic rings. The van der Waals surface area contributed by atoms with Crippen molar-refractivity contribution in [2.45, 2.75) is 218 Å². The number of benzene rings is 6. The van der Waals surface area contributed by atoms with Crippen molar-refractivity contribution < 1.29 is 4.42 Å². The molecule has 1 saturated carbocycles. The highest BCUT2D eigenvalue weighted by atomic mass is 16.3. The molecule has 1 fully saturated rings. The zero-order valence-electron chi connectivity index (χ0n) is 49.1. The second-order valence-electron chi connectivity index (χ2n) is 30.0. The van der Waals surface area contributed by atoms with Gasteiger partial charge in [-0.25, -0.2) is 0 Å². The SMILES string of the molecule is CC(C)(C)c1ccc(N2c3cc4c(cc3B3c5oc6cc7c(cc6c5N(c5ccc6c(c5)C(C)(C)CCC6(C)C)c5cc(C6CCCCC6)cc2c53)C(C)(C)CCC7(C)C)C(C)(C)CCC4(C)C)c(-c2ccccc2)c1. The van der Waals surface area contributed by atoms with Crippen LogP contribution in [0.4, 0.5) is 34.1 Å². The van der Waals surface area contributed by atoms with Crippen molar-refractivity contribution in [2.24, 2.45) is 0 Å². The van der Waals surface area contributed by atoms with E-state index >= 15 is 0 Å². The van der Waals surface area contributed by atoms with E-state index in [1.807, 2.05) is 0 Å². The first-order valence-corrected chi connectivity index (χ1v) is 29.7. The molecular formula is C72H85BN2O. The lowest BCUT2D eigenvalue weighted by Gasteiger charge is -2.47. The maximum atomic E-state index is 7.87. The van der Waals surface area contributed by atoms with E-state index in [4.69, 9.17) is 4.42 Å². The smallest absolute Gasteiger partial charge is 0.297 e. The van der Waals surface area contributed by atoms with Gasteiger partial charge in [0.2, 0.25) is 0 Å². The Morgan fingerprint density at radius 3 is 1.63 bits per heavy atom. The van der Waals surface area contributed by atoms with Crippen molar-refractivity contribution in [1.82, 2.24) is 0 Å². The zero-order chi connectivity index (χ0) is 53.4. The zero-order valence-corrected chi connectivity index (χ0v) is 49.1. The summed E-state index contributed by atoms with van der Waals surface area (Å²) >= 11 is 0. The number of nitrogens with zero attached hydrogens (tertiary/aromatic N) is 2. The van der Waals surface area contributed by atoms with Crippen molar-refractivity contribution in [1.29, 1.82) is 0 Å². The topological polar surface area (TPSA) is 19.6 Å². The maximum absolute atomic E-state index is 7.87. The molecule has 0 amide bonds. The van der Waals surface area contributed by atoms with E-state index in [-0.39, 0.29) is 44.6 Å². The Kier molecular flexibility index (Phi) is 10.9. The highest BCUT2D eigenvalue weighted by Crippen LogP contribution is 2.56. The first-order chi connectivity index (χ1) is 35.8. The van der Waals surface area contributed by atoms with Gasteiger partial charge in [0.1, 0.15) is 5.58 Å². The van der Waals surface area contributed by atoms with Crippen molar-refractivity contribution in [3.05, 3.63) is 148 Å². The van der Waals surface area contributed by atoms with E-state index in [0.717, 1.165) is 30.5 Å². The van der Waals surface area contributed by atoms with Crippen molar-refractivity contribution in [3.8, 4) is 11.1 Å². The van der Waals surface area contributed by atoms with Gasteiger partial charge < -0.3 is 14.2 Å². The third-order valence-corrected chi connectivity index (χ3v) is 21.0. The quantitative estimate of drug-likeness (QED) is 0.164. The van der Waals surface area contributed by atoms with E-state index in [2.05, 4.69) is 217 Å². The molecular weight excluding hydrogens is 920 g/mol. The van der Waals surface area contributed by atoms with Crippen LogP contribution in [0.1, 0.15) is 225 Å². The van der Waals surface area contributed by atoms with Crippen LogP contribution in [0.15, 0.2) is 108 Å². The van der Waals surface area contributed by atoms with E-state index in [9.17, 15) is 0 Å². The predicted molar refractivity (Wildman–Crippen MR) is 326 cm³/mol. The molecule has 392 valence electrons. The molecule has 0 unspecified atom stereocenters. The largest absolute Gasteiger partial charge is 0.468 e. The van der Waals surface area contributed by atoms with E-state index in [0.29, 0.717) is 5.92 Å². The molecule has 4 heteroatoms. The highest BCUT2D eigenvalue weighted by Gasteiger charge is 2.51. The van der Waals surface area contributed by atoms with Crippen LogP contribution in [-0.2, 0) is 37.9 Å². The standard InChI is InChI=1S/C72H85BN2O/c1-66(2,3)47-26-29-58(49(38-47)45-24-20-17-21-25-45)75-59-42-55-54(70(10,11)33-34-71(55,12)13)41-57(59)73-63-60(36-46(37-61(63)75)44-22-18-16-19-23-44)74(48-27-28-51-52(39-48)68(6,7)31-30-67(51,4)5)64-50-40-53-56(43-62(50)76-65(64)73)72(14,15)35-32-69(53,8)9/h17,20-21,24-29,36-44H,16,18-19,22-23,30-35H2,1-15H3. The minimum Gasteiger partial charge on any atom is -0.468 e. The molecule has 0 radical (unpaired) electrons. The molecule has 4 aliphatic carbocycles. The van der Waals surface area contributed by atoms with Crippen molar-refractivity contribution in [2.75, 3.05) is 9.80 Å². The summed E-state index contributed by atoms with van der Waals surface area (Å²) in [5, 5.41) is 1.25. The van der Waals surface area contributed by atoms with Gasteiger partial charge in [-0.05, 0) is 211 Å². The molecule has 0 saturated heterocycles. The Bertz CT molecular complexity index is 3530. The summed E-state index contributed by atoms with van der Waals surface area (Å²) in [6.45, 7) is 36.8. The average Bonchev–Trinajstić information content (AvgIpc) is 3.81. The summed E-state index contributed by atoms with van der Waals surface area (Å²) in [4.78, 5) is 5.50. The molecule has 0 bridgehead atoms. The monoisotopic (exact) mass is 1000 g/mol. The lowest BCUT2D eigenvalue weighted by atomic mass is 9.35. The van der Waals surface area contributed by atoms with Crippen LogP contribution in [0, 0.1) is 0 Å². The molecule has 7 aromatic rings. The number of furan rings is 1. The summed E-state index contributed by atoms with van der Waals surface area (Å²) in [5.41, 5.74) is 27.0. The molecule has 3 nitrogen and oxygen atoms in total. The minimum atomic E-state index is -0.124. The molecule has 1 aromatic heterocycles. The second-order valence-corrected chi connectivity index (χ2v) is 30.0. The van der Waals surface area contributed by atoms with Gasteiger partial charge in [-0.15, -0.1) is 0 Å².